The van der Waals surface area contributed by atoms with Crippen molar-refractivity contribution in [2.24, 2.45) is 0 Å². The van der Waals surface area contributed by atoms with Crippen LogP contribution in [0.25, 0.3) is 22.5 Å². The van der Waals surface area contributed by atoms with Crippen LogP contribution in [0.4, 0.5) is 73.4 Å². The molecule has 0 radical (unpaired) electrons. The number of aryl methyl sites for hydroxylation is 2. The third kappa shape index (κ3) is 14.7. The van der Waals surface area contributed by atoms with Gasteiger partial charge in [0.25, 0.3) is 5.91 Å². The number of hydrogen-bond donors (Lipinski definition) is 7. The highest BCUT2D eigenvalue weighted by Gasteiger charge is 2.36. The molecular formula is C62H58F4N16O5. The van der Waals surface area contributed by atoms with Crippen molar-refractivity contribution in [2.75, 3.05) is 85.9 Å². The zero-order valence-corrected chi connectivity index (χ0v) is 47.9. The van der Waals surface area contributed by atoms with Crippen molar-refractivity contribution < 1.29 is 41.8 Å². The molecule has 2 aliphatic rings. The number of para-hydroxylation sites is 2. The lowest BCUT2D eigenvalue weighted by molar-refractivity contribution is 0.0696. The van der Waals surface area contributed by atoms with Crippen LogP contribution in [0.5, 0.6) is 0 Å². The number of urea groups is 2. The predicted octanol–water partition coefficient (Wildman–Crippen LogP) is 10.1. The third-order valence-corrected chi connectivity index (χ3v) is 13.4. The number of rotatable bonds is 15. The molecule has 8 aromatic rings. The number of carbonyl (C=O) groups is 4. The molecule has 0 saturated carbocycles. The van der Waals surface area contributed by atoms with Gasteiger partial charge in [0.05, 0.1) is 53.3 Å². The summed E-state index contributed by atoms with van der Waals surface area (Å²) in [4.78, 5) is 74.7. The summed E-state index contributed by atoms with van der Waals surface area (Å²) >= 11 is 0. The van der Waals surface area contributed by atoms with Gasteiger partial charge >= 0.3 is 18.0 Å². The van der Waals surface area contributed by atoms with Gasteiger partial charge in [0.2, 0.25) is 11.9 Å². The number of carbonyl (C=O) groups excluding carboxylic acids is 3. The second kappa shape index (κ2) is 27.6. The largest absolute Gasteiger partial charge is 0.478 e. The van der Waals surface area contributed by atoms with Crippen LogP contribution < -0.4 is 42.1 Å². The Kier molecular flexibility index (Phi) is 19.7. The van der Waals surface area contributed by atoms with Gasteiger partial charge in [0, 0.05) is 65.4 Å². The number of nitrogen functional groups attached to an aromatic ring is 1. The van der Waals surface area contributed by atoms with Crippen molar-refractivity contribution in [1.82, 2.24) is 40.4 Å². The molecule has 8 N–H and O–H groups in total. The number of anilines is 8. The number of carboxylic acid groups (broad SMARTS) is 1. The fraction of sp³-hybridized carbons (Fsp3) is 0.194. The van der Waals surface area contributed by atoms with Crippen LogP contribution in [0.3, 0.4) is 0 Å². The van der Waals surface area contributed by atoms with Crippen molar-refractivity contribution in [1.29, 1.82) is 10.5 Å². The summed E-state index contributed by atoms with van der Waals surface area (Å²) in [6.45, 7) is 5.82. The molecule has 10 rings (SSSR count). The zero-order chi connectivity index (χ0) is 62.6. The molecule has 0 aliphatic carbocycles. The van der Waals surface area contributed by atoms with E-state index in [-0.39, 0.29) is 42.2 Å². The first-order valence-electron chi connectivity index (χ1n) is 26.8. The number of nitriles is 2. The minimum Gasteiger partial charge on any atom is -0.478 e. The molecule has 2 aromatic heterocycles. The summed E-state index contributed by atoms with van der Waals surface area (Å²) in [7, 11) is 7.61. The Labute approximate surface area is 497 Å². The average molecular weight is 1180 g/mol. The number of fused-ring (bicyclic) bond motifs is 2. The lowest BCUT2D eigenvalue weighted by atomic mass is 9.97. The number of likely N-dealkylation sites (N-methyl/N-ethyl adjacent to an activating group) is 2. The SMILES string of the molecule is Cc1ccc(C(=O)Nc2cccc(C#N)c2)cc1-c1nc(NCCN(C)C)nc2c1CNC(=O)N2c1c(F)cccc1F.Cc1ccc(C(=O)O)cc1-c1nc(NCCN(C)C)nc2c1CNC(=O)N2c1c(F)cccc1F.N#Cc1cccc(N)c1. The highest BCUT2D eigenvalue weighted by atomic mass is 19.1. The standard InChI is InChI=1S/C31H28F2N8O2.C24H24F2N6O3.C7H6N2/c1-18-10-11-20(29(42)37-21-7-4-6-19(14-21)16-34)15-22(18)26-23-17-36-31(43)41(27-24(32)8-5-9-25(27)33)28(23)39-30(38-26)35-12-13-40(2)3;1-13-7-8-14(22(33)34)11-15(13)19-16-12-28-24(35)32(20-17(25)5-4-6-18(20)26)21(16)30-23(29-19)27-9-10-31(2)3;8-5-6-2-1-3-7(9)4-6/h4-11,14-15H,12-13,17H2,1-3H3,(H,36,43)(H,37,42)(H,35,38,39);4-8,11H,9-10,12H2,1-3H3,(H,28,35)(H,33,34)(H,27,29,30);1-4H,9H2. The van der Waals surface area contributed by atoms with E-state index < -0.39 is 58.6 Å². The van der Waals surface area contributed by atoms with Crippen molar-refractivity contribution in [3.8, 4) is 34.7 Å². The van der Waals surface area contributed by atoms with Gasteiger partial charge in [-0.05, 0) is 138 Å². The van der Waals surface area contributed by atoms with Crippen LogP contribution >= 0.6 is 0 Å². The molecule has 87 heavy (non-hydrogen) atoms. The Morgan fingerprint density at radius 3 is 1.46 bits per heavy atom. The summed E-state index contributed by atoms with van der Waals surface area (Å²) in [6, 6.07) is 32.3. The van der Waals surface area contributed by atoms with Crippen molar-refractivity contribution in [2.45, 2.75) is 26.9 Å². The number of hydrogen-bond acceptors (Lipinski definition) is 15. The van der Waals surface area contributed by atoms with E-state index in [0.29, 0.717) is 87.9 Å². The zero-order valence-electron chi connectivity index (χ0n) is 47.9. The van der Waals surface area contributed by atoms with E-state index in [0.717, 1.165) is 45.2 Å². The van der Waals surface area contributed by atoms with Gasteiger partial charge in [0.15, 0.2) is 11.6 Å². The van der Waals surface area contributed by atoms with Crippen LogP contribution in [0.15, 0.2) is 121 Å². The molecule has 2 aliphatic heterocycles. The van der Waals surface area contributed by atoms with Crippen LogP contribution in [-0.4, -0.2) is 113 Å². The number of amides is 5. The predicted molar refractivity (Wildman–Crippen MR) is 322 cm³/mol. The number of carboxylic acids is 1. The van der Waals surface area contributed by atoms with E-state index >= 15 is 0 Å². The summed E-state index contributed by atoms with van der Waals surface area (Å²) in [5.74, 6) is -4.93. The molecular weight excluding hydrogens is 1120 g/mol. The number of halogens is 4. The van der Waals surface area contributed by atoms with E-state index in [9.17, 15) is 47.1 Å². The Morgan fingerprint density at radius 2 is 1.03 bits per heavy atom. The van der Waals surface area contributed by atoms with E-state index in [2.05, 4.69) is 41.5 Å². The first kappa shape index (κ1) is 62.0. The van der Waals surface area contributed by atoms with Crippen molar-refractivity contribution in [3.05, 3.63) is 189 Å². The smallest absolute Gasteiger partial charge is 0.335 e. The number of nitrogens with one attached hydrogen (secondary N) is 5. The summed E-state index contributed by atoms with van der Waals surface area (Å²) in [5, 5.41) is 41.4. The Morgan fingerprint density at radius 1 is 0.609 bits per heavy atom. The molecule has 0 saturated heterocycles. The van der Waals surface area contributed by atoms with E-state index in [1.807, 2.05) is 57.1 Å². The minimum atomic E-state index is -1.11. The second-order valence-electron chi connectivity index (χ2n) is 20.2. The van der Waals surface area contributed by atoms with Gasteiger partial charge in [-0.3, -0.25) is 4.79 Å². The Hall–Kier alpha value is -11.0. The maximum atomic E-state index is 15.0. The van der Waals surface area contributed by atoms with Crippen molar-refractivity contribution >= 4 is 70.2 Å². The maximum absolute atomic E-state index is 15.0. The van der Waals surface area contributed by atoms with Gasteiger partial charge in [0.1, 0.15) is 34.6 Å². The van der Waals surface area contributed by atoms with E-state index in [4.69, 9.17) is 16.0 Å². The fourth-order valence-electron chi connectivity index (χ4n) is 9.03. The normalized spacial score (nSPS) is 12.2. The quantitative estimate of drug-likeness (QED) is 0.0371. The van der Waals surface area contributed by atoms with Crippen LogP contribution in [-0.2, 0) is 13.1 Å². The number of aromatic carboxylic acids is 1. The van der Waals surface area contributed by atoms with Crippen LogP contribution in [0.2, 0.25) is 0 Å². The number of nitrogens with zero attached hydrogens (tertiary/aromatic N) is 10. The van der Waals surface area contributed by atoms with E-state index in [1.165, 1.54) is 24.3 Å². The lowest BCUT2D eigenvalue weighted by Crippen LogP contribution is -2.43. The van der Waals surface area contributed by atoms with Gasteiger partial charge in [-0.15, -0.1) is 0 Å². The van der Waals surface area contributed by atoms with Gasteiger partial charge in [-0.1, -0.05) is 36.4 Å². The summed E-state index contributed by atoms with van der Waals surface area (Å²) in [5.41, 5.74) is 10.9. The molecule has 444 valence electrons. The molecule has 0 fully saturated rings. The maximum Gasteiger partial charge on any atom is 0.335 e. The van der Waals surface area contributed by atoms with Gasteiger partial charge in [-0.25, -0.2) is 51.7 Å². The van der Waals surface area contributed by atoms with E-state index in [1.54, 1.807) is 79.7 Å². The molecule has 21 nitrogen and oxygen atoms in total. The summed E-state index contributed by atoms with van der Waals surface area (Å²) in [6.07, 6.45) is 0. The Balaban J connectivity index is 0.000000200. The third-order valence-electron chi connectivity index (χ3n) is 13.4. The average Bonchev–Trinajstić information content (AvgIpc) is 1.81. The number of aromatic nitrogens is 4. The second-order valence-corrected chi connectivity index (χ2v) is 20.2. The molecule has 6 aromatic carbocycles. The Bertz CT molecular complexity index is 4000. The minimum absolute atomic E-state index is 0.00906. The molecule has 0 unspecified atom stereocenters. The highest BCUT2D eigenvalue weighted by Crippen LogP contribution is 2.41. The fourth-order valence-corrected chi connectivity index (χ4v) is 9.03. The molecule has 5 amide bonds. The molecule has 4 heterocycles. The molecule has 25 heteroatoms. The van der Waals surface area contributed by atoms with Crippen LogP contribution in [0, 0.1) is 59.8 Å². The monoisotopic (exact) mass is 1180 g/mol. The molecule has 0 atom stereocenters. The molecule has 0 bridgehead atoms. The number of nitrogens with two attached hydrogens (primary N) is 1. The molecule has 0 spiro atoms. The first-order valence-corrected chi connectivity index (χ1v) is 26.8. The first-order chi connectivity index (χ1) is 41.6. The van der Waals surface area contributed by atoms with Gasteiger partial charge in [-0.2, -0.15) is 20.5 Å². The van der Waals surface area contributed by atoms with Gasteiger partial charge < -0.3 is 47.2 Å². The highest BCUT2D eigenvalue weighted by molar-refractivity contribution is 6.06. The van der Waals surface area contributed by atoms with Crippen LogP contribution in [0.1, 0.15) is 54.1 Å². The number of benzene rings is 6. The van der Waals surface area contributed by atoms with Crippen molar-refractivity contribution in [3.63, 3.8) is 0 Å². The lowest BCUT2D eigenvalue weighted by Gasteiger charge is -2.31. The summed E-state index contributed by atoms with van der Waals surface area (Å²) < 4.78 is 59.4. The topological polar surface area (TPSA) is 287 Å².